The molecule has 3 amide bonds. The molecule has 0 aromatic rings. The van der Waals surface area contributed by atoms with E-state index in [1.54, 1.807) is 4.90 Å². The van der Waals surface area contributed by atoms with E-state index in [-0.39, 0.29) is 17.9 Å². The Labute approximate surface area is 112 Å². The summed E-state index contributed by atoms with van der Waals surface area (Å²) in [6, 6.07) is -0.616. The van der Waals surface area contributed by atoms with E-state index in [1.807, 2.05) is 13.8 Å². The van der Waals surface area contributed by atoms with Crippen LogP contribution in [0.5, 0.6) is 0 Å². The minimum atomic E-state index is -0.519. The van der Waals surface area contributed by atoms with E-state index in [0.29, 0.717) is 25.9 Å². The molecule has 1 saturated heterocycles. The van der Waals surface area contributed by atoms with E-state index in [4.69, 9.17) is 0 Å². The zero-order chi connectivity index (χ0) is 14.4. The molecule has 19 heavy (non-hydrogen) atoms. The zero-order valence-electron chi connectivity index (χ0n) is 11.5. The van der Waals surface area contributed by atoms with Gasteiger partial charge in [-0.15, -0.1) is 0 Å². The monoisotopic (exact) mass is 271 g/mol. The molecule has 0 saturated carbocycles. The first kappa shape index (κ1) is 15.3. The van der Waals surface area contributed by atoms with Crippen LogP contribution < -0.4 is 10.6 Å². The third-order valence-electron chi connectivity index (χ3n) is 3.19. The molecule has 1 aliphatic rings. The fourth-order valence-electron chi connectivity index (χ4n) is 2.12. The first-order valence-electron chi connectivity index (χ1n) is 6.32. The van der Waals surface area contributed by atoms with Crippen molar-refractivity contribution < 1.29 is 19.1 Å². The van der Waals surface area contributed by atoms with Gasteiger partial charge in [-0.25, -0.2) is 4.79 Å². The highest BCUT2D eigenvalue weighted by atomic mass is 16.5. The molecule has 2 atom stereocenters. The number of carbonyl (C=O) groups is 3. The molecule has 0 aliphatic carbocycles. The van der Waals surface area contributed by atoms with E-state index in [0.717, 1.165) is 0 Å². The predicted molar refractivity (Wildman–Crippen MR) is 68.4 cm³/mol. The van der Waals surface area contributed by atoms with Crippen LogP contribution in [0.15, 0.2) is 0 Å². The van der Waals surface area contributed by atoms with Crippen molar-refractivity contribution in [1.29, 1.82) is 0 Å². The summed E-state index contributed by atoms with van der Waals surface area (Å²) in [5.74, 6) is -0.0958. The number of hydrogen-bond acceptors (Lipinski definition) is 4. The molecular weight excluding hydrogens is 250 g/mol. The lowest BCUT2D eigenvalue weighted by Gasteiger charge is -2.25. The lowest BCUT2D eigenvalue weighted by molar-refractivity contribution is -0.135. The average molecular weight is 271 g/mol. The highest BCUT2D eigenvalue weighted by molar-refractivity contribution is 5.84. The van der Waals surface area contributed by atoms with E-state index >= 15 is 0 Å². The minimum absolute atomic E-state index is 0.0188. The van der Waals surface area contributed by atoms with Gasteiger partial charge in [-0.3, -0.25) is 9.59 Å². The SMILES string of the molecule is COC(=O)N[C@H]1CCN(C(=O)[C@@H](NC=O)C(C)C)C1. The summed E-state index contributed by atoms with van der Waals surface area (Å²) in [6.45, 7) is 4.76. The maximum absolute atomic E-state index is 12.2. The van der Waals surface area contributed by atoms with Gasteiger partial charge in [-0.05, 0) is 12.3 Å². The summed E-state index contributed by atoms with van der Waals surface area (Å²) in [6.07, 6.45) is 0.737. The van der Waals surface area contributed by atoms with Gasteiger partial charge < -0.3 is 20.3 Å². The first-order valence-corrected chi connectivity index (χ1v) is 6.32. The summed E-state index contributed by atoms with van der Waals surface area (Å²) in [5, 5.41) is 5.21. The van der Waals surface area contributed by atoms with Crippen molar-refractivity contribution in [1.82, 2.24) is 15.5 Å². The lowest BCUT2D eigenvalue weighted by Crippen LogP contribution is -2.49. The number of rotatable bonds is 5. The number of ether oxygens (including phenoxy) is 1. The molecule has 0 unspecified atom stereocenters. The third-order valence-corrected chi connectivity index (χ3v) is 3.19. The normalized spacial score (nSPS) is 20.0. The van der Waals surface area contributed by atoms with Gasteiger partial charge in [0.2, 0.25) is 12.3 Å². The van der Waals surface area contributed by atoms with Gasteiger partial charge in [0.25, 0.3) is 0 Å². The largest absolute Gasteiger partial charge is 0.453 e. The van der Waals surface area contributed by atoms with Gasteiger partial charge in [0.1, 0.15) is 6.04 Å². The maximum atomic E-state index is 12.2. The highest BCUT2D eigenvalue weighted by Gasteiger charge is 2.32. The zero-order valence-corrected chi connectivity index (χ0v) is 11.5. The number of carbonyl (C=O) groups excluding carboxylic acids is 3. The van der Waals surface area contributed by atoms with Gasteiger partial charge in [-0.2, -0.15) is 0 Å². The van der Waals surface area contributed by atoms with Crippen LogP contribution in [-0.2, 0) is 14.3 Å². The Hall–Kier alpha value is -1.79. The molecule has 1 fully saturated rings. The number of likely N-dealkylation sites (tertiary alicyclic amines) is 1. The van der Waals surface area contributed by atoms with Crippen LogP contribution in [0.4, 0.5) is 4.79 Å². The number of alkyl carbamates (subject to hydrolysis) is 1. The highest BCUT2D eigenvalue weighted by Crippen LogP contribution is 2.13. The fourth-order valence-corrected chi connectivity index (χ4v) is 2.12. The Balaban J connectivity index is 2.55. The molecule has 0 spiro atoms. The standard InChI is InChI=1S/C12H21N3O4/c1-8(2)10(13-7-16)11(17)15-5-4-9(6-15)14-12(18)19-3/h7-10H,4-6H2,1-3H3,(H,13,16)(H,14,18)/t9-,10-/m0/s1. The Morgan fingerprint density at radius 2 is 2.11 bits per heavy atom. The van der Waals surface area contributed by atoms with Gasteiger partial charge in [-0.1, -0.05) is 13.8 Å². The molecule has 1 rings (SSSR count). The van der Waals surface area contributed by atoms with Crippen molar-refractivity contribution in [2.24, 2.45) is 5.92 Å². The summed E-state index contributed by atoms with van der Waals surface area (Å²) < 4.78 is 4.52. The van der Waals surface area contributed by atoms with E-state index < -0.39 is 12.1 Å². The average Bonchev–Trinajstić information content (AvgIpc) is 2.83. The number of nitrogens with one attached hydrogen (secondary N) is 2. The Morgan fingerprint density at radius 1 is 1.42 bits per heavy atom. The maximum Gasteiger partial charge on any atom is 0.407 e. The predicted octanol–water partition coefficient (Wildman–Crippen LogP) is -0.286. The number of methoxy groups -OCH3 is 1. The van der Waals surface area contributed by atoms with E-state index in [2.05, 4.69) is 15.4 Å². The number of amides is 3. The van der Waals surface area contributed by atoms with Crippen molar-refractivity contribution in [3.05, 3.63) is 0 Å². The van der Waals surface area contributed by atoms with Crippen LogP contribution in [0.1, 0.15) is 20.3 Å². The molecule has 1 aliphatic heterocycles. The first-order chi connectivity index (χ1) is 8.99. The van der Waals surface area contributed by atoms with Gasteiger partial charge >= 0.3 is 6.09 Å². The Morgan fingerprint density at radius 3 is 2.63 bits per heavy atom. The van der Waals surface area contributed by atoms with Crippen LogP contribution in [0, 0.1) is 5.92 Å². The molecule has 108 valence electrons. The molecule has 2 N–H and O–H groups in total. The summed E-state index contributed by atoms with van der Waals surface area (Å²) >= 11 is 0. The molecule has 0 radical (unpaired) electrons. The van der Waals surface area contributed by atoms with Crippen molar-refractivity contribution in [2.75, 3.05) is 20.2 Å². The minimum Gasteiger partial charge on any atom is -0.453 e. The number of hydrogen-bond donors (Lipinski definition) is 2. The Kier molecular flexibility index (Phi) is 5.59. The van der Waals surface area contributed by atoms with Crippen LogP contribution in [0.2, 0.25) is 0 Å². The second kappa shape index (κ2) is 6.96. The molecular formula is C12H21N3O4. The fraction of sp³-hybridized carbons (Fsp3) is 0.750. The summed E-state index contributed by atoms with van der Waals surface area (Å²) in [7, 11) is 1.30. The summed E-state index contributed by atoms with van der Waals surface area (Å²) in [4.78, 5) is 35.5. The van der Waals surface area contributed by atoms with Crippen molar-refractivity contribution in [2.45, 2.75) is 32.4 Å². The van der Waals surface area contributed by atoms with Crippen LogP contribution in [0.25, 0.3) is 0 Å². The number of nitrogens with zero attached hydrogens (tertiary/aromatic N) is 1. The second-order valence-corrected chi connectivity index (χ2v) is 4.91. The summed E-state index contributed by atoms with van der Waals surface area (Å²) in [5.41, 5.74) is 0. The third kappa shape index (κ3) is 4.11. The smallest absolute Gasteiger partial charge is 0.407 e. The molecule has 0 aromatic heterocycles. The van der Waals surface area contributed by atoms with Crippen molar-refractivity contribution in [3.63, 3.8) is 0 Å². The van der Waals surface area contributed by atoms with Crippen molar-refractivity contribution in [3.8, 4) is 0 Å². The van der Waals surface area contributed by atoms with Crippen LogP contribution >= 0.6 is 0 Å². The van der Waals surface area contributed by atoms with E-state index in [9.17, 15) is 14.4 Å². The van der Waals surface area contributed by atoms with Crippen LogP contribution in [-0.4, -0.2) is 55.6 Å². The quantitative estimate of drug-likeness (QED) is 0.673. The Bertz CT molecular complexity index is 346. The lowest BCUT2D eigenvalue weighted by atomic mass is 10.0. The van der Waals surface area contributed by atoms with Crippen molar-refractivity contribution >= 4 is 18.4 Å². The van der Waals surface area contributed by atoms with Gasteiger partial charge in [0.15, 0.2) is 0 Å². The second-order valence-electron chi connectivity index (χ2n) is 4.91. The topological polar surface area (TPSA) is 87.7 Å². The van der Waals surface area contributed by atoms with Crippen LogP contribution in [0.3, 0.4) is 0 Å². The molecule has 0 bridgehead atoms. The molecule has 1 heterocycles. The van der Waals surface area contributed by atoms with Gasteiger partial charge in [0, 0.05) is 13.1 Å². The molecule has 0 aromatic carbocycles. The molecule has 7 nitrogen and oxygen atoms in total. The van der Waals surface area contributed by atoms with Gasteiger partial charge in [0.05, 0.1) is 13.2 Å². The molecule has 7 heteroatoms. The van der Waals surface area contributed by atoms with E-state index in [1.165, 1.54) is 7.11 Å².